The van der Waals surface area contributed by atoms with Crippen LogP contribution in [0.2, 0.25) is 0 Å². The maximum absolute atomic E-state index is 13.0. The monoisotopic (exact) mass is 413 g/mol. The van der Waals surface area contributed by atoms with Crippen LogP contribution in [0.1, 0.15) is 32.1 Å². The lowest BCUT2D eigenvalue weighted by Crippen LogP contribution is -2.48. The molecule has 0 aromatic heterocycles. The maximum Gasteiger partial charge on any atom is 0.261 e. The van der Waals surface area contributed by atoms with Gasteiger partial charge in [-0.15, -0.1) is 0 Å². The van der Waals surface area contributed by atoms with Gasteiger partial charge in [0.15, 0.2) is 16.4 Å². The van der Waals surface area contributed by atoms with E-state index in [-0.39, 0.29) is 36.1 Å². The molecule has 2 aliphatic rings. The van der Waals surface area contributed by atoms with Gasteiger partial charge in [0.05, 0.1) is 11.5 Å². The van der Waals surface area contributed by atoms with Crippen molar-refractivity contribution in [3.63, 3.8) is 0 Å². The first-order chi connectivity index (χ1) is 14.0. The number of hydrogen-bond acceptors (Lipinski definition) is 4. The third kappa shape index (κ3) is 4.81. The van der Waals surface area contributed by atoms with Crippen LogP contribution in [0.25, 0.3) is 11.1 Å². The molecule has 6 heteroatoms. The number of amides is 1. The Labute approximate surface area is 172 Å². The predicted octanol–water partition coefficient (Wildman–Crippen LogP) is 3.69. The molecule has 1 aliphatic carbocycles. The molecule has 2 aromatic carbocycles. The number of ether oxygens (including phenoxy) is 1. The van der Waals surface area contributed by atoms with E-state index in [2.05, 4.69) is 12.1 Å². The third-order valence-corrected chi connectivity index (χ3v) is 7.68. The van der Waals surface area contributed by atoms with Crippen molar-refractivity contribution in [2.75, 3.05) is 18.1 Å². The van der Waals surface area contributed by atoms with Gasteiger partial charge in [0.2, 0.25) is 0 Å². The lowest BCUT2D eigenvalue weighted by Gasteiger charge is -2.34. The number of hydrogen-bond donors (Lipinski definition) is 0. The molecule has 1 amide bonds. The molecule has 0 spiro atoms. The Morgan fingerprint density at radius 2 is 1.55 bits per heavy atom. The summed E-state index contributed by atoms with van der Waals surface area (Å²) in [5, 5.41) is 0. The van der Waals surface area contributed by atoms with Crippen LogP contribution in [0.4, 0.5) is 0 Å². The van der Waals surface area contributed by atoms with Crippen LogP contribution < -0.4 is 4.74 Å². The Kier molecular flexibility index (Phi) is 5.90. The summed E-state index contributed by atoms with van der Waals surface area (Å²) in [5.41, 5.74) is 2.22. The number of carbonyl (C=O) groups excluding carboxylic acids is 1. The van der Waals surface area contributed by atoms with Gasteiger partial charge in [-0.25, -0.2) is 8.42 Å². The summed E-state index contributed by atoms with van der Waals surface area (Å²) in [6.45, 7) is -0.0578. The standard InChI is InChI=1S/C23H27NO4S/c25-23(24(20-8-4-5-9-20)21-14-15-29(26,27)17-21)16-28-22-12-10-19(11-13-22)18-6-2-1-3-7-18/h1-3,6-7,10-13,20-21H,4-5,8-9,14-17H2/t21-/m1/s1. The van der Waals surface area contributed by atoms with Crippen molar-refractivity contribution in [1.29, 1.82) is 0 Å². The van der Waals surface area contributed by atoms with Crippen molar-refractivity contribution in [1.82, 2.24) is 4.90 Å². The van der Waals surface area contributed by atoms with E-state index >= 15 is 0 Å². The maximum atomic E-state index is 13.0. The van der Waals surface area contributed by atoms with Gasteiger partial charge in [-0.1, -0.05) is 55.3 Å². The molecule has 1 saturated heterocycles. The fourth-order valence-electron chi connectivity index (χ4n) is 4.48. The van der Waals surface area contributed by atoms with E-state index in [4.69, 9.17) is 4.74 Å². The van der Waals surface area contributed by atoms with Crippen LogP contribution in [-0.4, -0.2) is 49.4 Å². The molecular formula is C23H27NO4S. The molecule has 0 unspecified atom stereocenters. The third-order valence-electron chi connectivity index (χ3n) is 5.93. The fraction of sp³-hybridized carbons (Fsp3) is 0.435. The van der Waals surface area contributed by atoms with Crippen LogP contribution in [0.3, 0.4) is 0 Å². The zero-order valence-corrected chi connectivity index (χ0v) is 17.3. The highest BCUT2D eigenvalue weighted by atomic mass is 32.2. The van der Waals surface area contributed by atoms with Gasteiger partial charge in [0, 0.05) is 12.1 Å². The van der Waals surface area contributed by atoms with Crippen LogP contribution >= 0.6 is 0 Å². The molecule has 1 atom stereocenters. The topological polar surface area (TPSA) is 63.7 Å². The van der Waals surface area contributed by atoms with Crippen molar-refractivity contribution in [2.24, 2.45) is 0 Å². The number of benzene rings is 2. The number of sulfone groups is 1. The van der Waals surface area contributed by atoms with Crippen LogP contribution in [0.15, 0.2) is 54.6 Å². The molecule has 1 aliphatic heterocycles. The summed E-state index contributed by atoms with van der Waals surface area (Å²) in [6.07, 6.45) is 4.63. The minimum atomic E-state index is -3.04. The fourth-order valence-corrected chi connectivity index (χ4v) is 6.19. The molecule has 1 heterocycles. The molecule has 2 fully saturated rings. The zero-order chi connectivity index (χ0) is 20.3. The van der Waals surface area contributed by atoms with E-state index < -0.39 is 9.84 Å². The van der Waals surface area contributed by atoms with Crippen LogP contribution in [0.5, 0.6) is 5.75 Å². The summed E-state index contributed by atoms with van der Waals surface area (Å²) in [4.78, 5) is 14.8. The highest BCUT2D eigenvalue weighted by molar-refractivity contribution is 7.91. The Hall–Kier alpha value is -2.34. The summed E-state index contributed by atoms with van der Waals surface area (Å²) < 4.78 is 29.7. The van der Waals surface area contributed by atoms with E-state index in [0.717, 1.165) is 36.8 Å². The molecule has 2 aromatic rings. The Morgan fingerprint density at radius 1 is 0.897 bits per heavy atom. The zero-order valence-electron chi connectivity index (χ0n) is 16.5. The second-order valence-corrected chi connectivity index (χ2v) is 10.2. The smallest absolute Gasteiger partial charge is 0.261 e. The van der Waals surface area contributed by atoms with Crippen molar-refractivity contribution in [3.05, 3.63) is 54.6 Å². The highest BCUT2D eigenvalue weighted by Gasteiger charge is 2.39. The van der Waals surface area contributed by atoms with E-state index in [1.165, 1.54) is 0 Å². The van der Waals surface area contributed by atoms with Crippen molar-refractivity contribution in [3.8, 4) is 16.9 Å². The SMILES string of the molecule is O=C(COc1ccc(-c2ccccc2)cc1)N(C1CCCC1)[C@@H]1CCS(=O)(=O)C1. The lowest BCUT2D eigenvalue weighted by atomic mass is 10.1. The second-order valence-electron chi connectivity index (χ2n) is 7.98. The number of rotatable bonds is 6. The van der Waals surface area contributed by atoms with Gasteiger partial charge >= 0.3 is 0 Å². The van der Waals surface area contributed by atoms with E-state index in [0.29, 0.717) is 12.2 Å². The molecule has 0 bridgehead atoms. The minimum Gasteiger partial charge on any atom is -0.484 e. The molecule has 29 heavy (non-hydrogen) atoms. The highest BCUT2D eigenvalue weighted by Crippen LogP contribution is 2.29. The minimum absolute atomic E-state index is 0.0578. The van der Waals surface area contributed by atoms with Gasteiger partial charge in [0.1, 0.15) is 5.75 Å². The summed E-state index contributed by atoms with van der Waals surface area (Å²) >= 11 is 0. The Morgan fingerprint density at radius 3 is 2.17 bits per heavy atom. The quantitative estimate of drug-likeness (QED) is 0.725. The predicted molar refractivity (Wildman–Crippen MR) is 114 cm³/mol. The molecular weight excluding hydrogens is 386 g/mol. The van der Waals surface area contributed by atoms with E-state index in [1.54, 1.807) is 0 Å². The number of nitrogens with zero attached hydrogens (tertiary/aromatic N) is 1. The van der Waals surface area contributed by atoms with Gasteiger partial charge in [-0.05, 0) is 42.5 Å². The average molecular weight is 414 g/mol. The van der Waals surface area contributed by atoms with Gasteiger partial charge in [-0.2, -0.15) is 0 Å². The van der Waals surface area contributed by atoms with Gasteiger partial charge in [-0.3, -0.25) is 4.79 Å². The first kappa shape index (κ1) is 20.0. The molecule has 4 rings (SSSR count). The van der Waals surface area contributed by atoms with Crippen LogP contribution in [0, 0.1) is 0 Å². The van der Waals surface area contributed by atoms with Crippen molar-refractivity contribution >= 4 is 15.7 Å². The first-order valence-electron chi connectivity index (χ1n) is 10.3. The summed E-state index contributed by atoms with van der Waals surface area (Å²) in [7, 11) is -3.04. The Bertz CT molecular complexity index is 935. The van der Waals surface area contributed by atoms with Crippen molar-refractivity contribution < 1.29 is 17.9 Å². The van der Waals surface area contributed by atoms with E-state index in [1.807, 2.05) is 47.4 Å². The average Bonchev–Trinajstić information content (AvgIpc) is 3.38. The summed E-state index contributed by atoms with van der Waals surface area (Å²) in [5.74, 6) is 0.798. The molecule has 154 valence electrons. The van der Waals surface area contributed by atoms with Crippen LogP contribution in [-0.2, 0) is 14.6 Å². The largest absolute Gasteiger partial charge is 0.484 e. The molecule has 5 nitrogen and oxygen atoms in total. The lowest BCUT2D eigenvalue weighted by molar-refractivity contribution is -0.137. The Balaban J connectivity index is 1.41. The van der Waals surface area contributed by atoms with Crippen molar-refractivity contribution in [2.45, 2.75) is 44.2 Å². The normalized spacial score (nSPS) is 21.2. The molecule has 0 N–H and O–H groups in total. The molecule has 1 saturated carbocycles. The second kappa shape index (κ2) is 8.57. The van der Waals surface area contributed by atoms with Gasteiger partial charge in [0.25, 0.3) is 5.91 Å². The number of carbonyl (C=O) groups is 1. The van der Waals surface area contributed by atoms with Gasteiger partial charge < -0.3 is 9.64 Å². The molecule has 0 radical (unpaired) electrons. The first-order valence-corrected chi connectivity index (χ1v) is 12.1. The van der Waals surface area contributed by atoms with E-state index in [9.17, 15) is 13.2 Å². The summed E-state index contributed by atoms with van der Waals surface area (Å²) in [6, 6.07) is 17.7.